The predicted octanol–water partition coefficient (Wildman–Crippen LogP) is 1.76. The SMILES string of the molecule is COCC(C)CNCc1ccc(C(=O)O)cc1. The molecule has 0 aliphatic carbocycles. The minimum absolute atomic E-state index is 0.321. The fourth-order valence-corrected chi connectivity index (χ4v) is 1.57. The monoisotopic (exact) mass is 237 g/mol. The highest BCUT2D eigenvalue weighted by Crippen LogP contribution is 2.04. The van der Waals surface area contributed by atoms with Gasteiger partial charge in [0.25, 0.3) is 0 Å². The van der Waals surface area contributed by atoms with Crippen LogP contribution in [0.25, 0.3) is 0 Å². The number of nitrogens with one attached hydrogen (secondary N) is 1. The smallest absolute Gasteiger partial charge is 0.335 e. The highest BCUT2D eigenvalue weighted by atomic mass is 16.5. The maximum absolute atomic E-state index is 10.7. The maximum Gasteiger partial charge on any atom is 0.335 e. The summed E-state index contributed by atoms with van der Waals surface area (Å²) in [5, 5.41) is 12.1. The third-order valence-electron chi connectivity index (χ3n) is 2.47. The Hall–Kier alpha value is -1.39. The molecular weight excluding hydrogens is 218 g/mol. The molecule has 1 rings (SSSR count). The lowest BCUT2D eigenvalue weighted by atomic mass is 10.1. The van der Waals surface area contributed by atoms with Gasteiger partial charge in [0.05, 0.1) is 5.56 Å². The van der Waals surface area contributed by atoms with Gasteiger partial charge in [0.1, 0.15) is 0 Å². The van der Waals surface area contributed by atoms with Crippen LogP contribution in [0.4, 0.5) is 0 Å². The van der Waals surface area contributed by atoms with Gasteiger partial charge in [0, 0.05) is 26.8 Å². The van der Waals surface area contributed by atoms with Crippen molar-refractivity contribution in [1.82, 2.24) is 5.32 Å². The molecule has 17 heavy (non-hydrogen) atoms. The summed E-state index contributed by atoms with van der Waals surface area (Å²) in [6.45, 7) is 4.48. The summed E-state index contributed by atoms with van der Waals surface area (Å²) in [5.41, 5.74) is 1.40. The fraction of sp³-hybridized carbons (Fsp3) is 0.462. The zero-order chi connectivity index (χ0) is 12.7. The van der Waals surface area contributed by atoms with Gasteiger partial charge in [-0.05, 0) is 23.6 Å². The van der Waals surface area contributed by atoms with E-state index in [2.05, 4.69) is 12.2 Å². The third-order valence-corrected chi connectivity index (χ3v) is 2.47. The number of aromatic carboxylic acids is 1. The summed E-state index contributed by atoms with van der Waals surface area (Å²) in [6, 6.07) is 6.91. The van der Waals surface area contributed by atoms with E-state index in [-0.39, 0.29) is 0 Å². The molecule has 0 aliphatic heterocycles. The first-order valence-electron chi connectivity index (χ1n) is 5.65. The number of carbonyl (C=O) groups is 1. The summed E-state index contributed by atoms with van der Waals surface area (Å²) >= 11 is 0. The topological polar surface area (TPSA) is 58.6 Å². The standard InChI is InChI=1S/C13H19NO3/c1-10(9-17-2)7-14-8-11-3-5-12(6-4-11)13(15)16/h3-6,10,14H,7-9H2,1-2H3,(H,15,16). The van der Waals surface area contributed by atoms with E-state index in [4.69, 9.17) is 9.84 Å². The van der Waals surface area contributed by atoms with Crippen molar-refractivity contribution in [2.45, 2.75) is 13.5 Å². The second-order valence-electron chi connectivity index (χ2n) is 4.19. The molecule has 4 nitrogen and oxygen atoms in total. The molecule has 0 amide bonds. The van der Waals surface area contributed by atoms with Crippen molar-refractivity contribution in [2.24, 2.45) is 5.92 Å². The van der Waals surface area contributed by atoms with Crippen molar-refractivity contribution in [3.63, 3.8) is 0 Å². The van der Waals surface area contributed by atoms with Crippen LogP contribution >= 0.6 is 0 Å². The van der Waals surface area contributed by atoms with Gasteiger partial charge in [-0.2, -0.15) is 0 Å². The van der Waals surface area contributed by atoms with Crippen LogP contribution in [0.15, 0.2) is 24.3 Å². The molecule has 94 valence electrons. The summed E-state index contributed by atoms with van der Waals surface area (Å²) < 4.78 is 5.04. The summed E-state index contributed by atoms with van der Waals surface area (Å²) in [6.07, 6.45) is 0. The van der Waals surface area contributed by atoms with E-state index in [0.29, 0.717) is 11.5 Å². The molecule has 0 fully saturated rings. The molecule has 0 bridgehead atoms. The number of carboxylic acid groups (broad SMARTS) is 1. The Morgan fingerprint density at radius 3 is 2.59 bits per heavy atom. The number of hydrogen-bond acceptors (Lipinski definition) is 3. The third kappa shape index (κ3) is 4.97. The van der Waals surface area contributed by atoms with Gasteiger partial charge in [-0.15, -0.1) is 0 Å². The van der Waals surface area contributed by atoms with Crippen LogP contribution < -0.4 is 5.32 Å². The van der Waals surface area contributed by atoms with E-state index in [0.717, 1.165) is 25.3 Å². The van der Waals surface area contributed by atoms with Crippen LogP contribution in [0.3, 0.4) is 0 Å². The number of ether oxygens (including phenoxy) is 1. The summed E-state index contributed by atoms with van der Waals surface area (Å²) in [5.74, 6) is -0.420. The van der Waals surface area contributed by atoms with Crippen LogP contribution in [0, 0.1) is 5.92 Å². The Kier molecular flexibility index (Phi) is 5.66. The molecule has 0 aromatic heterocycles. The molecule has 1 aromatic carbocycles. The molecule has 1 aromatic rings. The van der Waals surface area contributed by atoms with E-state index in [1.54, 1.807) is 19.2 Å². The lowest BCUT2D eigenvalue weighted by Gasteiger charge is -2.11. The van der Waals surface area contributed by atoms with Crippen LogP contribution in [-0.2, 0) is 11.3 Å². The van der Waals surface area contributed by atoms with E-state index in [1.807, 2.05) is 12.1 Å². The first-order valence-corrected chi connectivity index (χ1v) is 5.65. The van der Waals surface area contributed by atoms with E-state index in [1.165, 1.54) is 0 Å². The molecule has 4 heteroatoms. The Morgan fingerprint density at radius 2 is 2.06 bits per heavy atom. The highest BCUT2D eigenvalue weighted by molar-refractivity contribution is 5.87. The Bertz CT molecular complexity index is 348. The second kappa shape index (κ2) is 7.04. The molecule has 2 N–H and O–H groups in total. The van der Waals surface area contributed by atoms with Crippen molar-refractivity contribution in [1.29, 1.82) is 0 Å². The first-order chi connectivity index (χ1) is 8.13. The molecule has 1 atom stereocenters. The lowest BCUT2D eigenvalue weighted by Crippen LogP contribution is -2.23. The minimum Gasteiger partial charge on any atom is -0.478 e. The molecular formula is C13H19NO3. The minimum atomic E-state index is -0.891. The number of benzene rings is 1. The maximum atomic E-state index is 10.7. The van der Waals surface area contributed by atoms with E-state index >= 15 is 0 Å². The molecule has 0 spiro atoms. The van der Waals surface area contributed by atoms with Crippen LogP contribution in [0.5, 0.6) is 0 Å². The highest BCUT2D eigenvalue weighted by Gasteiger charge is 2.03. The van der Waals surface area contributed by atoms with Gasteiger partial charge in [-0.25, -0.2) is 4.79 Å². The van der Waals surface area contributed by atoms with Crippen LogP contribution in [-0.4, -0.2) is 31.3 Å². The van der Waals surface area contributed by atoms with E-state index < -0.39 is 5.97 Å². The number of carboxylic acids is 1. The van der Waals surface area contributed by atoms with Crippen LogP contribution in [0.2, 0.25) is 0 Å². The van der Waals surface area contributed by atoms with Gasteiger partial charge in [0.15, 0.2) is 0 Å². The number of hydrogen-bond donors (Lipinski definition) is 2. The molecule has 0 saturated heterocycles. The molecule has 0 radical (unpaired) electrons. The molecule has 0 heterocycles. The molecule has 0 aliphatic rings. The average molecular weight is 237 g/mol. The van der Waals surface area contributed by atoms with Crippen molar-refractivity contribution >= 4 is 5.97 Å². The summed E-state index contributed by atoms with van der Waals surface area (Å²) in [4.78, 5) is 10.7. The Morgan fingerprint density at radius 1 is 1.41 bits per heavy atom. The normalized spacial score (nSPS) is 12.4. The number of methoxy groups -OCH3 is 1. The van der Waals surface area contributed by atoms with Gasteiger partial charge < -0.3 is 15.2 Å². The van der Waals surface area contributed by atoms with Crippen LogP contribution in [0.1, 0.15) is 22.8 Å². The predicted molar refractivity (Wildman–Crippen MR) is 66.1 cm³/mol. The molecule has 0 saturated carbocycles. The number of rotatable bonds is 7. The molecule has 1 unspecified atom stereocenters. The Labute approximate surface area is 102 Å². The summed E-state index contributed by atoms with van der Waals surface area (Å²) in [7, 11) is 1.70. The van der Waals surface area contributed by atoms with Crippen molar-refractivity contribution in [3.05, 3.63) is 35.4 Å². The van der Waals surface area contributed by atoms with Crippen molar-refractivity contribution in [2.75, 3.05) is 20.3 Å². The quantitative estimate of drug-likeness (QED) is 0.758. The Balaban J connectivity index is 2.34. The van der Waals surface area contributed by atoms with E-state index in [9.17, 15) is 4.79 Å². The first kappa shape index (κ1) is 13.7. The fourth-order valence-electron chi connectivity index (χ4n) is 1.57. The average Bonchev–Trinajstić information content (AvgIpc) is 2.30. The van der Waals surface area contributed by atoms with Gasteiger partial charge >= 0.3 is 5.97 Å². The lowest BCUT2D eigenvalue weighted by molar-refractivity contribution is 0.0697. The second-order valence-corrected chi connectivity index (χ2v) is 4.19. The zero-order valence-electron chi connectivity index (χ0n) is 10.3. The van der Waals surface area contributed by atoms with Gasteiger partial charge in [0.2, 0.25) is 0 Å². The van der Waals surface area contributed by atoms with Crippen molar-refractivity contribution < 1.29 is 14.6 Å². The van der Waals surface area contributed by atoms with Gasteiger partial charge in [-0.3, -0.25) is 0 Å². The van der Waals surface area contributed by atoms with Crippen molar-refractivity contribution in [3.8, 4) is 0 Å². The zero-order valence-corrected chi connectivity index (χ0v) is 10.3. The largest absolute Gasteiger partial charge is 0.478 e. The van der Waals surface area contributed by atoms with Gasteiger partial charge in [-0.1, -0.05) is 19.1 Å².